The highest BCUT2D eigenvalue weighted by molar-refractivity contribution is 7.84. The maximum Gasteiger partial charge on any atom is 0.322 e. The number of fused-ring (bicyclic) bond motifs is 1. The fraction of sp³-hybridized carbons (Fsp3) is 0.308. The van der Waals surface area contributed by atoms with Crippen LogP contribution in [0.2, 0.25) is 0 Å². The van der Waals surface area contributed by atoms with E-state index in [1.165, 1.54) is 29.2 Å². The fourth-order valence-corrected chi connectivity index (χ4v) is 3.89. The lowest BCUT2D eigenvalue weighted by molar-refractivity contribution is -0.143. The van der Waals surface area contributed by atoms with Gasteiger partial charge in [0.25, 0.3) is 5.91 Å². The third-order valence-corrected chi connectivity index (χ3v) is 4.98. The van der Waals surface area contributed by atoms with Gasteiger partial charge in [0.05, 0.1) is 6.04 Å². The molecule has 134 valence electrons. The van der Waals surface area contributed by atoms with E-state index >= 15 is 0 Å². The molecule has 0 radical (unpaired) electrons. The molecule has 12 heteroatoms. The van der Waals surface area contributed by atoms with Crippen molar-refractivity contribution < 1.29 is 27.4 Å². The summed E-state index contributed by atoms with van der Waals surface area (Å²) in [7, 11) is -4.86. The van der Waals surface area contributed by atoms with Gasteiger partial charge in [-0.3, -0.25) is 4.79 Å². The minimum absolute atomic E-state index is 0.153. The average Bonchev–Trinajstić information content (AvgIpc) is 2.86. The number of carbonyl (C=O) groups is 3. The minimum Gasteiger partial charge on any atom is -0.731 e. The molecule has 2 aliphatic heterocycles. The van der Waals surface area contributed by atoms with Crippen LogP contribution >= 0.6 is 0 Å². The summed E-state index contributed by atoms with van der Waals surface area (Å²) in [4.78, 5) is 36.1. The van der Waals surface area contributed by atoms with Crippen LogP contribution in [0.15, 0.2) is 24.3 Å². The summed E-state index contributed by atoms with van der Waals surface area (Å²) in [5.41, 5.74) is 5.84. The van der Waals surface area contributed by atoms with E-state index < -0.39 is 40.4 Å². The van der Waals surface area contributed by atoms with Crippen LogP contribution in [-0.2, 0) is 15.1 Å². The van der Waals surface area contributed by atoms with Crippen molar-refractivity contribution in [2.45, 2.75) is 18.5 Å². The molecular weight excluding hydrogens is 354 g/mol. The molecule has 2 aliphatic rings. The topological polar surface area (TPSA) is 165 Å². The largest absolute Gasteiger partial charge is 0.731 e. The third-order valence-electron chi connectivity index (χ3n) is 4.04. The molecule has 2 atom stereocenters. The molecule has 0 unspecified atom stereocenters. The number of benzene rings is 1. The van der Waals surface area contributed by atoms with Gasteiger partial charge in [0.15, 0.2) is 10.3 Å². The molecule has 1 aromatic carbocycles. The predicted octanol–water partition coefficient (Wildman–Crippen LogP) is -0.546. The van der Waals surface area contributed by atoms with Crippen molar-refractivity contribution in [1.82, 2.24) is 9.21 Å². The van der Waals surface area contributed by atoms with Crippen LogP contribution in [0.3, 0.4) is 0 Å². The number of β-lactam (4-membered cyclic amide) rings is 1. The number of primary amides is 1. The van der Waals surface area contributed by atoms with Gasteiger partial charge in [0, 0.05) is 17.9 Å². The van der Waals surface area contributed by atoms with Crippen molar-refractivity contribution in [2.75, 3.05) is 17.2 Å². The summed E-state index contributed by atoms with van der Waals surface area (Å²) in [6, 6.07) is 3.03. The Morgan fingerprint density at radius 2 is 1.72 bits per heavy atom. The van der Waals surface area contributed by atoms with E-state index in [0.29, 0.717) is 11.4 Å². The number of likely N-dealkylation sites (tertiary alicyclic amines) is 1. The molecule has 1 aromatic rings. The lowest BCUT2D eigenvalue weighted by Crippen LogP contribution is -2.68. The fourth-order valence-electron chi connectivity index (χ4n) is 3.01. The van der Waals surface area contributed by atoms with Crippen molar-refractivity contribution in [1.29, 1.82) is 0 Å². The maximum absolute atomic E-state index is 12.3. The second-order valence-corrected chi connectivity index (χ2v) is 6.83. The van der Waals surface area contributed by atoms with Gasteiger partial charge in [0.2, 0.25) is 0 Å². The van der Waals surface area contributed by atoms with Gasteiger partial charge < -0.3 is 25.8 Å². The zero-order valence-corrected chi connectivity index (χ0v) is 13.5. The highest BCUT2D eigenvalue weighted by atomic mass is 32.2. The van der Waals surface area contributed by atoms with Crippen molar-refractivity contribution in [2.24, 2.45) is 5.73 Å². The van der Waals surface area contributed by atoms with Gasteiger partial charge >= 0.3 is 12.1 Å². The van der Waals surface area contributed by atoms with E-state index in [0.717, 1.165) is 0 Å². The zero-order chi connectivity index (χ0) is 18.4. The lowest BCUT2D eigenvalue weighted by Gasteiger charge is -2.45. The van der Waals surface area contributed by atoms with Gasteiger partial charge in [-0.1, -0.05) is 0 Å². The molecule has 2 heterocycles. The molecule has 0 saturated carbocycles. The van der Waals surface area contributed by atoms with Crippen LogP contribution < -0.4 is 16.4 Å². The number of nitrogens with one attached hydrogen (secondary N) is 2. The smallest absolute Gasteiger partial charge is 0.322 e. The van der Waals surface area contributed by atoms with Crippen LogP contribution in [0, 0.1) is 0 Å². The number of hydrogen-bond donors (Lipinski definition) is 3. The lowest BCUT2D eigenvalue weighted by atomic mass is 10.0. The number of rotatable bonds is 3. The first kappa shape index (κ1) is 17.0. The SMILES string of the molecule is NC(=O)Nc1ccc(NC(=O)N2CC[C@@H]3[C@H]2C(=O)N3S(=O)(=O)[O-])cc1. The zero-order valence-electron chi connectivity index (χ0n) is 12.7. The van der Waals surface area contributed by atoms with Crippen LogP contribution in [0.4, 0.5) is 21.0 Å². The van der Waals surface area contributed by atoms with Gasteiger partial charge in [-0.15, -0.1) is 0 Å². The second kappa shape index (κ2) is 5.89. The Morgan fingerprint density at radius 1 is 1.16 bits per heavy atom. The number of carbonyl (C=O) groups excluding carboxylic acids is 3. The molecule has 25 heavy (non-hydrogen) atoms. The molecule has 4 N–H and O–H groups in total. The number of anilines is 2. The van der Waals surface area contributed by atoms with Crippen LogP contribution in [-0.4, -0.2) is 58.8 Å². The van der Waals surface area contributed by atoms with Crippen LogP contribution in [0.25, 0.3) is 0 Å². The second-order valence-electron chi connectivity index (χ2n) is 5.58. The molecule has 3 rings (SSSR count). The van der Waals surface area contributed by atoms with Crippen LogP contribution in [0.1, 0.15) is 6.42 Å². The van der Waals surface area contributed by atoms with Crippen molar-refractivity contribution in [3.05, 3.63) is 24.3 Å². The van der Waals surface area contributed by atoms with E-state index in [-0.39, 0.29) is 17.3 Å². The summed E-state index contributed by atoms with van der Waals surface area (Å²) >= 11 is 0. The summed E-state index contributed by atoms with van der Waals surface area (Å²) in [5.74, 6) is -0.895. The number of amides is 5. The van der Waals surface area contributed by atoms with Crippen molar-refractivity contribution in [3.63, 3.8) is 0 Å². The van der Waals surface area contributed by atoms with Gasteiger partial charge in [-0.2, -0.15) is 0 Å². The maximum atomic E-state index is 12.3. The van der Waals surface area contributed by atoms with Crippen molar-refractivity contribution in [3.8, 4) is 0 Å². The molecule has 0 aliphatic carbocycles. The highest BCUT2D eigenvalue weighted by Gasteiger charge is 2.58. The van der Waals surface area contributed by atoms with E-state index in [1.807, 2.05) is 0 Å². The number of nitrogens with zero attached hydrogens (tertiary/aromatic N) is 2. The third kappa shape index (κ3) is 3.08. The normalized spacial score (nSPS) is 22.2. The molecule has 2 saturated heterocycles. The van der Waals surface area contributed by atoms with E-state index in [4.69, 9.17) is 5.73 Å². The Morgan fingerprint density at radius 3 is 2.24 bits per heavy atom. The number of hydrogen-bond acceptors (Lipinski definition) is 6. The Balaban J connectivity index is 1.65. The summed E-state index contributed by atoms with van der Waals surface area (Å²) in [6.07, 6.45) is 0.215. The van der Waals surface area contributed by atoms with Crippen LogP contribution in [0.5, 0.6) is 0 Å². The number of nitrogens with two attached hydrogens (primary N) is 1. The Labute approximate surface area is 142 Å². The van der Waals surface area contributed by atoms with Crippen molar-refractivity contribution >= 4 is 39.6 Å². The molecule has 11 nitrogen and oxygen atoms in total. The van der Waals surface area contributed by atoms with Gasteiger partial charge in [-0.05, 0) is 30.7 Å². The average molecular weight is 368 g/mol. The van der Waals surface area contributed by atoms with Gasteiger partial charge in [-0.25, -0.2) is 22.3 Å². The quantitative estimate of drug-likeness (QED) is 0.478. The minimum atomic E-state index is -4.86. The Hall–Kier alpha value is -2.86. The standard InChI is InChI=1S/C13H15N5O6S/c14-12(20)15-7-1-3-8(4-2-7)16-13(21)17-6-5-9-10(17)11(19)18(9)25(22,23)24/h1-4,9-10H,5-6H2,(H,16,21)(H3,14,15,20)(H,22,23,24)/p-1/t9-,10+/m1/s1. The van der Waals surface area contributed by atoms with E-state index in [9.17, 15) is 27.4 Å². The number of urea groups is 2. The Bertz CT molecular complexity index is 839. The molecular formula is C13H14N5O6S-. The first-order valence-corrected chi connectivity index (χ1v) is 8.58. The molecule has 0 bridgehead atoms. The summed E-state index contributed by atoms with van der Waals surface area (Å²) < 4.78 is 33.4. The molecule has 0 spiro atoms. The predicted molar refractivity (Wildman–Crippen MR) is 84.1 cm³/mol. The molecule has 5 amide bonds. The molecule has 0 aromatic heterocycles. The summed E-state index contributed by atoms with van der Waals surface area (Å²) in [5, 5.41) is 4.93. The van der Waals surface area contributed by atoms with Gasteiger partial charge in [0.1, 0.15) is 6.04 Å². The summed E-state index contributed by atoms with van der Waals surface area (Å²) in [6.45, 7) is 0.153. The highest BCUT2D eigenvalue weighted by Crippen LogP contribution is 2.35. The van der Waals surface area contributed by atoms with E-state index in [2.05, 4.69) is 10.6 Å². The Kier molecular flexibility index (Phi) is 4.00. The molecule has 2 fully saturated rings. The first-order valence-electron chi connectivity index (χ1n) is 7.22. The monoisotopic (exact) mass is 368 g/mol. The van der Waals surface area contributed by atoms with E-state index in [1.54, 1.807) is 0 Å². The first-order chi connectivity index (χ1) is 11.7.